The maximum absolute atomic E-state index is 12.1. The van der Waals surface area contributed by atoms with Crippen LogP contribution in [0.4, 0.5) is 13.2 Å². The fourth-order valence-electron chi connectivity index (χ4n) is 1.94. The summed E-state index contributed by atoms with van der Waals surface area (Å²) in [6.45, 7) is 1.88. The Labute approximate surface area is 109 Å². The van der Waals surface area contributed by atoms with Crippen LogP contribution >= 0.6 is 0 Å². The van der Waals surface area contributed by atoms with Gasteiger partial charge in [0.15, 0.2) is 0 Å². The standard InChI is InChI=1S/C13H15F3NO2/c14-13(15,16)19-12-3-1-2-10(8-12)9-18-11-4-6-17-7-5-11/h1-3,8,11H,4-7,9H2. The van der Waals surface area contributed by atoms with Gasteiger partial charge in [-0.15, -0.1) is 13.2 Å². The summed E-state index contributed by atoms with van der Waals surface area (Å²) < 4.78 is 45.8. The van der Waals surface area contributed by atoms with E-state index < -0.39 is 6.36 Å². The molecule has 1 fully saturated rings. The van der Waals surface area contributed by atoms with Crippen molar-refractivity contribution in [3.63, 3.8) is 0 Å². The van der Waals surface area contributed by atoms with Gasteiger partial charge in [-0.2, -0.15) is 0 Å². The number of ether oxygens (including phenoxy) is 2. The van der Waals surface area contributed by atoms with Crippen LogP contribution in [0.5, 0.6) is 5.75 Å². The molecule has 1 saturated heterocycles. The van der Waals surface area contributed by atoms with Gasteiger partial charge in [0, 0.05) is 13.1 Å². The molecule has 6 heteroatoms. The molecule has 0 bridgehead atoms. The minimum Gasteiger partial charge on any atom is -0.406 e. The molecule has 3 nitrogen and oxygen atoms in total. The topological polar surface area (TPSA) is 32.6 Å². The molecule has 1 aromatic carbocycles. The Morgan fingerprint density at radius 2 is 1.95 bits per heavy atom. The molecule has 0 unspecified atom stereocenters. The predicted molar refractivity (Wildman–Crippen MR) is 62.8 cm³/mol. The molecule has 0 amide bonds. The Balaban J connectivity index is 1.87. The molecule has 1 aromatic rings. The van der Waals surface area contributed by atoms with Crippen LogP contribution in [0.25, 0.3) is 0 Å². The Hall–Kier alpha value is -1.27. The van der Waals surface area contributed by atoms with Crippen LogP contribution in [0.2, 0.25) is 0 Å². The van der Waals surface area contributed by atoms with E-state index in [1.165, 1.54) is 18.2 Å². The quantitative estimate of drug-likeness (QED) is 0.845. The van der Waals surface area contributed by atoms with Crippen molar-refractivity contribution in [3.8, 4) is 5.75 Å². The third-order valence-electron chi connectivity index (χ3n) is 2.84. The van der Waals surface area contributed by atoms with Crippen molar-refractivity contribution in [2.24, 2.45) is 0 Å². The fraction of sp³-hybridized carbons (Fsp3) is 0.538. The van der Waals surface area contributed by atoms with Gasteiger partial charge in [0.05, 0.1) is 12.7 Å². The minimum absolute atomic E-state index is 0.143. The first-order valence-electron chi connectivity index (χ1n) is 6.12. The Morgan fingerprint density at radius 1 is 1.21 bits per heavy atom. The van der Waals surface area contributed by atoms with Crippen molar-refractivity contribution in [2.45, 2.75) is 31.9 Å². The number of piperidine rings is 1. The molecule has 0 spiro atoms. The van der Waals surface area contributed by atoms with E-state index in [0.717, 1.165) is 25.9 Å². The van der Waals surface area contributed by atoms with Gasteiger partial charge >= 0.3 is 6.36 Å². The lowest BCUT2D eigenvalue weighted by Gasteiger charge is -2.22. The van der Waals surface area contributed by atoms with Gasteiger partial charge < -0.3 is 9.47 Å². The number of halogens is 3. The third-order valence-corrected chi connectivity index (χ3v) is 2.84. The largest absolute Gasteiger partial charge is 0.573 e. The van der Waals surface area contributed by atoms with E-state index in [0.29, 0.717) is 12.2 Å². The molecule has 0 atom stereocenters. The molecular formula is C13H15F3NO2. The van der Waals surface area contributed by atoms with Gasteiger partial charge in [0.2, 0.25) is 0 Å². The third kappa shape index (κ3) is 5.08. The van der Waals surface area contributed by atoms with E-state index in [2.05, 4.69) is 10.1 Å². The summed E-state index contributed by atoms with van der Waals surface area (Å²) in [5.74, 6) is -0.216. The van der Waals surface area contributed by atoms with Gasteiger partial charge in [0.25, 0.3) is 0 Å². The lowest BCUT2D eigenvalue weighted by molar-refractivity contribution is -0.274. The summed E-state index contributed by atoms with van der Waals surface area (Å²) in [4.78, 5) is 0. The van der Waals surface area contributed by atoms with Crippen LogP contribution in [0.3, 0.4) is 0 Å². The van der Waals surface area contributed by atoms with Crippen molar-refractivity contribution >= 4 is 0 Å². The Kier molecular flexibility index (Phi) is 4.66. The molecule has 105 valence electrons. The van der Waals surface area contributed by atoms with Crippen molar-refractivity contribution < 1.29 is 22.6 Å². The zero-order valence-electron chi connectivity index (χ0n) is 10.3. The van der Waals surface area contributed by atoms with E-state index in [4.69, 9.17) is 4.74 Å². The van der Waals surface area contributed by atoms with Gasteiger partial charge in [-0.25, -0.2) is 5.32 Å². The van der Waals surface area contributed by atoms with Crippen LogP contribution in [0, 0.1) is 0 Å². The molecule has 2 rings (SSSR count). The predicted octanol–water partition coefficient (Wildman–Crippen LogP) is 2.87. The van der Waals surface area contributed by atoms with Crippen LogP contribution in [0.15, 0.2) is 24.3 Å². The SMILES string of the molecule is FC(F)(F)Oc1cccc(COC2CC[N]CC2)c1. The molecule has 0 N–H and O–H groups in total. The van der Waals surface area contributed by atoms with E-state index >= 15 is 0 Å². The molecule has 19 heavy (non-hydrogen) atoms. The summed E-state index contributed by atoms with van der Waals surface area (Å²) >= 11 is 0. The lowest BCUT2D eigenvalue weighted by Crippen LogP contribution is -2.28. The zero-order chi connectivity index (χ0) is 13.7. The van der Waals surface area contributed by atoms with E-state index in [1.807, 2.05) is 0 Å². The number of nitrogens with zero attached hydrogens (tertiary/aromatic N) is 1. The van der Waals surface area contributed by atoms with Gasteiger partial charge in [-0.3, -0.25) is 0 Å². The molecule has 0 saturated carbocycles. The van der Waals surface area contributed by atoms with E-state index in [-0.39, 0.29) is 11.9 Å². The molecule has 1 aliphatic rings. The highest BCUT2D eigenvalue weighted by atomic mass is 19.4. The second-order valence-electron chi connectivity index (χ2n) is 4.38. The number of benzene rings is 1. The summed E-state index contributed by atoms with van der Waals surface area (Å²) in [6.07, 6.45) is -2.77. The van der Waals surface area contributed by atoms with E-state index in [9.17, 15) is 13.2 Å². The highest BCUT2D eigenvalue weighted by Crippen LogP contribution is 2.24. The molecule has 1 radical (unpaired) electrons. The number of rotatable bonds is 4. The summed E-state index contributed by atoms with van der Waals surface area (Å²) in [5, 5.41) is 4.21. The second kappa shape index (κ2) is 6.25. The molecule has 1 heterocycles. The summed E-state index contributed by atoms with van der Waals surface area (Å²) in [6, 6.07) is 5.86. The average molecular weight is 274 g/mol. The number of hydrogen-bond acceptors (Lipinski definition) is 2. The van der Waals surface area contributed by atoms with Crippen molar-refractivity contribution in [3.05, 3.63) is 29.8 Å². The van der Waals surface area contributed by atoms with Gasteiger partial charge in [0.1, 0.15) is 5.75 Å². The van der Waals surface area contributed by atoms with Crippen LogP contribution in [-0.4, -0.2) is 25.6 Å². The van der Waals surface area contributed by atoms with Crippen molar-refractivity contribution in [1.82, 2.24) is 5.32 Å². The van der Waals surface area contributed by atoms with Crippen LogP contribution in [0.1, 0.15) is 18.4 Å². The minimum atomic E-state index is -4.66. The first-order valence-corrected chi connectivity index (χ1v) is 6.12. The lowest BCUT2D eigenvalue weighted by atomic mass is 10.1. The first-order chi connectivity index (χ1) is 9.03. The van der Waals surface area contributed by atoms with Gasteiger partial charge in [-0.05, 0) is 30.5 Å². The molecule has 0 aromatic heterocycles. The average Bonchev–Trinajstić information content (AvgIpc) is 2.36. The second-order valence-corrected chi connectivity index (χ2v) is 4.38. The maximum atomic E-state index is 12.1. The first kappa shape index (κ1) is 14.1. The molecule has 1 aliphatic heterocycles. The maximum Gasteiger partial charge on any atom is 0.573 e. The van der Waals surface area contributed by atoms with Crippen LogP contribution in [-0.2, 0) is 11.3 Å². The highest BCUT2D eigenvalue weighted by Gasteiger charge is 2.31. The highest BCUT2D eigenvalue weighted by molar-refractivity contribution is 5.28. The van der Waals surface area contributed by atoms with Crippen molar-refractivity contribution in [1.29, 1.82) is 0 Å². The Morgan fingerprint density at radius 3 is 2.63 bits per heavy atom. The molecule has 0 aliphatic carbocycles. The summed E-state index contributed by atoms with van der Waals surface area (Å²) in [5.41, 5.74) is 0.671. The smallest absolute Gasteiger partial charge is 0.406 e. The number of hydrogen-bond donors (Lipinski definition) is 0. The van der Waals surface area contributed by atoms with Crippen LogP contribution < -0.4 is 10.1 Å². The Bertz CT molecular complexity index is 403. The fourth-order valence-corrected chi connectivity index (χ4v) is 1.94. The van der Waals surface area contributed by atoms with Crippen molar-refractivity contribution in [2.75, 3.05) is 13.1 Å². The van der Waals surface area contributed by atoms with Gasteiger partial charge in [-0.1, -0.05) is 12.1 Å². The number of alkyl halides is 3. The monoisotopic (exact) mass is 274 g/mol. The summed E-state index contributed by atoms with van der Waals surface area (Å²) in [7, 11) is 0. The van der Waals surface area contributed by atoms with E-state index in [1.54, 1.807) is 6.07 Å². The molecular weight excluding hydrogens is 259 g/mol. The normalized spacial score (nSPS) is 17.4. The zero-order valence-corrected chi connectivity index (χ0v) is 10.3.